The fourth-order valence-corrected chi connectivity index (χ4v) is 14.8. The van der Waals surface area contributed by atoms with Gasteiger partial charge in [0.25, 0.3) is 8.32 Å². The molecule has 5 atom stereocenters. The molecule has 4 rings (SSSR count). The third-order valence-electron chi connectivity index (χ3n) is 12.9. The summed E-state index contributed by atoms with van der Waals surface area (Å²) in [7, 11) is -2.04. The maximum atomic E-state index is 14.0. The number of carbonyl (C=O) groups is 1. The van der Waals surface area contributed by atoms with E-state index < -0.39 is 54.8 Å². The minimum atomic E-state index is -2.81. The first-order valence-corrected chi connectivity index (χ1v) is 32.0. The summed E-state index contributed by atoms with van der Waals surface area (Å²) >= 11 is 0. The highest BCUT2D eigenvalue weighted by molar-refractivity contribution is 6.99. The van der Waals surface area contributed by atoms with Gasteiger partial charge in [-0.15, -0.1) is 0 Å². The molecule has 0 N–H and O–H groups in total. The van der Waals surface area contributed by atoms with Gasteiger partial charge in [0.2, 0.25) is 0 Å². The number of rotatable bonds is 22. The van der Waals surface area contributed by atoms with Gasteiger partial charge in [0, 0.05) is 32.9 Å². The predicted molar refractivity (Wildman–Crippen MR) is 277 cm³/mol. The number of carbonyl (C=O) groups excluding carboxylic acids is 1. The van der Waals surface area contributed by atoms with Crippen LogP contribution in [0.2, 0.25) is 48.9 Å². The van der Waals surface area contributed by atoms with Gasteiger partial charge in [0.15, 0.2) is 32.4 Å². The Hall–Kier alpha value is -3.54. The van der Waals surface area contributed by atoms with E-state index >= 15 is 0 Å². The summed E-state index contributed by atoms with van der Waals surface area (Å²) in [6, 6.07) is 24.0. The molecule has 366 valence electrons. The van der Waals surface area contributed by atoms with E-state index in [9.17, 15) is 4.79 Å². The Morgan fingerprint density at radius 1 is 0.788 bits per heavy atom. The Balaban J connectivity index is 1.76. The van der Waals surface area contributed by atoms with Gasteiger partial charge in [-0.2, -0.15) is 0 Å². The van der Waals surface area contributed by atoms with Crippen LogP contribution in [0.4, 0.5) is 0 Å². The lowest BCUT2D eigenvalue weighted by Gasteiger charge is -2.45. The molecule has 3 aromatic rings. The van der Waals surface area contributed by atoms with Gasteiger partial charge in [-0.3, -0.25) is 0 Å². The number of hydrogen-bond acceptors (Lipinski definition) is 10. The molecule has 1 heterocycles. The highest BCUT2D eigenvalue weighted by Gasteiger charge is 2.52. The van der Waals surface area contributed by atoms with Crippen molar-refractivity contribution in [1.29, 1.82) is 0 Å². The molecular formula is C53H82O10Si3. The van der Waals surface area contributed by atoms with Crippen molar-refractivity contribution in [3.63, 3.8) is 0 Å². The molecule has 0 bridgehead atoms. The minimum absolute atomic E-state index is 0.0183. The van der Waals surface area contributed by atoms with Gasteiger partial charge in [-0.1, -0.05) is 153 Å². The van der Waals surface area contributed by atoms with Crippen LogP contribution in [0.15, 0.2) is 85.0 Å². The topological polar surface area (TPSA) is 100 Å². The van der Waals surface area contributed by atoms with Crippen molar-refractivity contribution in [2.75, 3.05) is 34.7 Å². The van der Waals surface area contributed by atoms with E-state index in [-0.39, 0.29) is 40.2 Å². The van der Waals surface area contributed by atoms with Crippen molar-refractivity contribution in [2.45, 2.75) is 155 Å². The first-order chi connectivity index (χ1) is 30.7. The smallest absolute Gasteiger partial charge is 0.342 e. The number of benzene rings is 3. The number of esters is 1. The van der Waals surface area contributed by atoms with Crippen molar-refractivity contribution in [3.05, 3.63) is 96.1 Å². The second kappa shape index (κ2) is 22.7. The molecule has 1 aliphatic heterocycles. The van der Waals surface area contributed by atoms with E-state index in [0.717, 1.165) is 6.04 Å². The van der Waals surface area contributed by atoms with Crippen LogP contribution in [-0.2, 0) is 27.8 Å². The lowest BCUT2D eigenvalue weighted by Crippen LogP contribution is -2.67. The van der Waals surface area contributed by atoms with Gasteiger partial charge < -0.3 is 42.0 Å². The highest BCUT2D eigenvalue weighted by atomic mass is 28.4. The summed E-state index contributed by atoms with van der Waals surface area (Å²) in [6.45, 7) is 33.5. The van der Waals surface area contributed by atoms with Gasteiger partial charge in [-0.25, -0.2) is 4.79 Å². The van der Waals surface area contributed by atoms with Crippen LogP contribution in [0.5, 0.6) is 17.2 Å². The molecule has 1 aliphatic rings. The summed E-state index contributed by atoms with van der Waals surface area (Å²) in [5.74, 6) is -0.350. The van der Waals surface area contributed by atoms with E-state index in [0.29, 0.717) is 30.1 Å². The summed E-state index contributed by atoms with van der Waals surface area (Å²) in [4.78, 5) is 14.0. The number of hydrogen-bond donors (Lipinski definition) is 0. The zero-order chi connectivity index (χ0) is 49.3. The third-order valence-corrected chi connectivity index (χ3v) is 24.2. The van der Waals surface area contributed by atoms with Crippen LogP contribution in [0, 0.1) is 5.92 Å². The molecule has 13 heteroatoms. The molecule has 0 amide bonds. The van der Waals surface area contributed by atoms with Gasteiger partial charge >= 0.3 is 5.97 Å². The Bertz CT molecular complexity index is 2030. The van der Waals surface area contributed by atoms with Crippen molar-refractivity contribution in [3.8, 4) is 17.2 Å². The SMILES string of the molecule is COCOc1cc(OC)c(OC)c(/C=C/C[C@H]2OC(C)(C)O[C@@H]2C(/C=C\[C@@H](C)[C@H](C)O[Si](c2ccccc2)(c2ccccc2)C(C)(C)C)O[Si](C)(C)C(C)(C)C)c1C(=O)OCC[Si](C)(C)C. The first-order valence-electron chi connectivity index (χ1n) is 23.5. The second-order valence-corrected chi connectivity index (χ2v) is 36.4. The molecule has 0 aromatic heterocycles. The van der Waals surface area contributed by atoms with Crippen molar-refractivity contribution < 1.29 is 46.8 Å². The van der Waals surface area contributed by atoms with E-state index in [1.165, 1.54) is 17.5 Å². The van der Waals surface area contributed by atoms with Gasteiger partial charge in [0.1, 0.15) is 17.4 Å². The highest BCUT2D eigenvalue weighted by Crippen LogP contribution is 2.44. The third kappa shape index (κ3) is 13.8. The molecule has 0 spiro atoms. The second-order valence-electron chi connectivity index (χ2n) is 21.7. The first kappa shape index (κ1) is 55.1. The molecule has 0 aliphatic carbocycles. The maximum absolute atomic E-state index is 14.0. The number of methoxy groups -OCH3 is 3. The quantitative estimate of drug-likeness (QED) is 0.0419. The van der Waals surface area contributed by atoms with Crippen molar-refractivity contribution in [1.82, 2.24) is 0 Å². The molecule has 1 saturated heterocycles. The average Bonchev–Trinajstić information content (AvgIpc) is 3.55. The van der Waals surface area contributed by atoms with Crippen LogP contribution in [0.25, 0.3) is 6.08 Å². The van der Waals surface area contributed by atoms with Crippen LogP contribution >= 0.6 is 0 Å². The Labute approximate surface area is 401 Å². The Kier molecular flexibility index (Phi) is 18.9. The van der Waals surface area contributed by atoms with E-state index in [1.54, 1.807) is 20.3 Å². The predicted octanol–water partition coefficient (Wildman–Crippen LogP) is 11.7. The van der Waals surface area contributed by atoms with Crippen LogP contribution < -0.4 is 24.6 Å². The monoisotopic (exact) mass is 963 g/mol. The fraction of sp³-hybridized carbons (Fsp3) is 0.566. The standard InChI is InChI=1S/C53H82O10Si3/c1-38(39(2)62-66(52(6,7)8,40-26-21-19-22-27-40)41-28-23-20-24-29-41)32-33-44(63-65(17,18)51(3,4)5)49-43(60-53(9,10)61-49)31-25-30-42-47(50(54)58-34-35-64(14,15)16)45(59-37-55-11)36-46(56-12)48(42)57-13/h19-30,32-33,36,38-39,43-44,49H,31,34-35,37H2,1-18H3/b30-25+,33-32-/t38-,39+,43-,44?,49+/m1/s1. The average molecular weight is 963 g/mol. The fourth-order valence-electron chi connectivity index (χ4n) is 8.02. The van der Waals surface area contributed by atoms with E-state index in [2.05, 4.69) is 161 Å². The molecule has 66 heavy (non-hydrogen) atoms. The summed E-state index contributed by atoms with van der Waals surface area (Å²) in [6.07, 6.45) is 7.24. The lowest BCUT2D eigenvalue weighted by atomic mass is 9.99. The molecule has 0 radical (unpaired) electrons. The summed E-state index contributed by atoms with van der Waals surface area (Å²) < 4.78 is 57.1. The van der Waals surface area contributed by atoms with E-state index in [4.69, 9.17) is 42.0 Å². The zero-order valence-corrected chi connectivity index (χ0v) is 46.5. The molecule has 0 saturated carbocycles. The largest absolute Gasteiger partial charge is 0.493 e. The lowest BCUT2D eigenvalue weighted by molar-refractivity contribution is -0.151. The molecule has 10 nitrogen and oxygen atoms in total. The van der Waals surface area contributed by atoms with Crippen LogP contribution in [0.3, 0.4) is 0 Å². The van der Waals surface area contributed by atoms with Crippen molar-refractivity contribution >= 4 is 47.1 Å². The van der Waals surface area contributed by atoms with Gasteiger partial charge in [-0.05, 0) is 72.7 Å². The molecule has 1 fully saturated rings. The minimum Gasteiger partial charge on any atom is -0.493 e. The van der Waals surface area contributed by atoms with Crippen LogP contribution in [-0.4, -0.2) is 95.6 Å². The summed E-state index contributed by atoms with van der Waals surface area (Å²) in [5.41, 5.74) is 0.691. The molecule has 3 aromatic carbocycles. The molecule has 1 unspecified atom stereocenters. The molecular weight excluding hydrogens is 881 g/mol. The Morgan fingerprint density at radius 2 is 1.38 bits per heavy atom. The maximum Gasteiger partial charge on any atom is 0.342 e. The zero-order valence-electron chi connectivity index (χ0n) is 43.5. The number of ether oxygens (including phenoxy) is 7. The van der Waals surface area contributed by atoms with Gasteiger partial charge in [0.05, 0.1) is 33.0 Å². The summed E-state index contributed by atoms with van der Waals surface area (Å²) in [5, 5.41) is 2.26. The van der Waals surface area contributed by atoms with Crippen LogP contribution in [0.1, 0.15) is 91.6 Å². The normalized spacial score (nSPS) is 18.6. The van der Waals surface area contributed by atoms with E-state index in [1.807, 2.05) is 26.0 Å². The van der Waals surface area contributed by atoms with Crippen molar-refractivity contribution in [2.24, 2.45) is 5.92 Å². The Morgan fingerprint density at radius 3 is 1.88 bits per heavy atom.